The van der Waals surface area contributed by atoms with Crippen molar-refractivity contribution in [2.45, 2.75) is 20.3 Å². The van der Waals surface area contributed by atoms with Crippen molar-refractivity contribution in [1.82, 2.24) is 20.1 Å². The van der Waals surface area contributed by atoms with Crippen LogP contribution in [-0.4, -0.2) is 33.7 Å². The molecule has 96 valence electrons. The first-order valence-corrected chi connectivity index (χ1v) is 5.73. The topological polar surface area (TPSA) is 88.8 Å². The molecule has 7 nitrogen and oxygen atoms in total. The molecule has 0 aliphatic heterocycles. The van der Waals surface area contributed by atoms with Crippen LogP contribution in [-0.2, 0) is 6.42 Å². The summed E-state index contributed by atoms with van der Waals surface area (Å²) in [5, 5.41) is 9.85. The van der Waals surface area contributed by atoms with Gasteiger partial charge in [-0.2, -0.15) is 4.98 Å². The van der Waals surface area contributed by atoms with Gasteiger partial charge in [-0.05, 0) is 13.8 Å². The fraction of sp³-hybridized carbons (Fsp3) is 0.455. The van der Waals surface area contributed by atoms with Crippen molar-refractivity contribution in [3.63, 3.8) is 0 Å². The van der Waals surface area contributed by atoms with Crippen LogP contribution >= 0.6 is 0 Å². The summed E-state index contributed by atoms with van der Waals surface area (Å²) in [6.45, 7) is 4.52. The molecule has 7 heteroatoms. The van der Waals surface area contributed by atoms with E-state index in [0.717, 1.165) is 23.0 Å². The van der Waals surface area contributed by atoms with Gasteiger partial charge in [0.05, 0.1) is 0 Å². The molecule has 0 spiro atoms. The van der Waals surface area contributed by atoms with Crippen molar-refractivity contribution < 1.29 is 4.52 Å². The third kappa shape index (κ3) is 2.73. The average molecular weight is 248 g/mol. The largest absolute Gasteiger partial charge is 0.373 e. The lowest BCUT2D eigenvalue weighted by molar-refractivity contribution is 0.379. The Morgan fingerprint density at radius 3 is 2.67 bits per heavy atom. The van der Waals surface area contributed by atoms with Crippen LogP contribution in [0.25, 0.3) is 0 Å². The third-order valence-electron chi connectivity index (χ3n) is 2.53. The first-order valence-electron chi connectivity index (χ1n) is 5.73. The SMILES string of the molecule is CNc1nc(C)nc(NCCc2ncno2)c1C. The van der Waals surface area contributed by atoms with Gasteiger partial charge in [0.2, 0.25) is 5.89 Å². The number of nitrogens with one attached hydrogen (secondary N) is 2. The van der Waals surface area contributed by atoms with Gasteiger partial charge in [0.15, 0.2) is 6.33 Å². The van der Waals surface area contributed by atoms with Crippen LogP contribution in [0.3, 0.4) is 0 Å². The van der Waals surface area contributed by atoms with Crippen LogP contribution in [0.15, 0.2) is 10.9 Å². The Balaban J connectivity index is 2.02. The van der Waals surface area contributed by atoms with E-state index < -0.39 is 0 Å². The van der Waals surface area contributed by atoms with Gasteiger partial charge >= 0.3 is 0 Å². The summed E-state index contributed by atoms with van der Waals surface area (Å²) in [5.74, 6) is 3.00. The molecule has 0 saturated carbocycles. The van der Waals surface area contributed by atoms with Gasteiger partial charge in [0.1, 0.15) is 17.5 Å². The van der Waals surface area contributed by atoms with Crippen molar-refractivity contribution in [2.75, 3.05) is 24.2 Å². The van der Waals surface area contributed by atoms with Crippen LogP contribution < -0.4 is 10.6 Å². The lowest BCUT2D eigenvalue weighted by Crippen LogP contribution is -2.11. The molecule has 0 fully saturated rings. The van der Waals surface area contributed by atoms with E-state index in [1.54, 1.807) is 0 Å². The minimum atomic E-state index is 0.611. The summed E-state index contributed by atoms with van der Waals surface area (Å²) >= 11 is 0. The summed E-state index contributed by atoms with van der Waals surface area (Å²) < 4.78 is 4.92. The molecule has 2 N–H and O–H groups in total. The minimum absolute atomic E-state index is 0.611. The van der Waals surface area contributed by atoms with Gasteiger partial charge in [-0.1, -0.05) is 5.16 Å². The summed E-state index contributed by atoms with van der Waals surface area (Å²) in [7, 11) is 1.84. The quantitative estimate of drug-likeness (QED) is 0.821. The van der Waals surface area contributed by atoms with Gasteiger partial charge in [0.25, 0.3) is 0 Å². The van der Waals surface area contributed by atoms with Gasteiger partial charge < -0.3 is 15.2 Å². The first kappa shape index (κ1) is 12.3. The van der Waals surface area contributed by atoms with Crippen molar-refractivity contribution in [3.05, 3.63) is 23.6 Å². The highest BCUT2D eigenvalue weighted by molar-refractivity contribution is 5.56. The number of anilines is 2. The summed E-state index contributed by atoms with van der Waals surface area (Å²) in [6.07, 6.45) is 2.06. The molecule has 0 aliphatic rings. The molecular formula is C11H16N6O. The normalized spacial score (nSPS) is 10.4. The van der Waals surface area contributed by atoms with Crippen LogP contribution in [0.5, 0.6) is 0 Å². The molecular weight excluding hydrogens is 232 g/mol. The van der Waals surface area contributed by atoms with E-state index in [1.807, 2.05) is 20.9 Å². The van der Waals surface area contributed by atoms with Gasteiger partial charge in [-0.15, -0.1) is 0 Å². The Morgan fingerprint density at radius 2 is 2.00 bits per heavy atom. The van der Waals surface area contributed by atoms with E-state index in [9.17, 15) is 0 Å². The van der Waals surface area contributed by atoms with E-state index in [2.05, 4.69) is 30.7 Å². The number of rotatable bonds is 5. The van der Waals surface area contributed by atoms with Gasteiger partial charge in [0, 0.05) is 25.6 Å². The second-order valence-corrected chi connectivity index (χ2v) is 3.85. The highest BCUT2D eigenvalue weighted by Crippen LogP contribution is 2.18. The Morgan fingerprint density at radius 1 is 1.22 bits per heavy atom. The molecule has 0 saturated heterocycles. The first-order chi connectivity index (χ1) is 8.70. The van der Waals surface area contributed by atoms with E-state index in [-0.39, 0.29) is 0 Å². The highest BCUT2D eigenvalue weighted by atomic mass is 16.5. The smallest absolute Gasteiger partial charge is 0.228 e. The molecule has 0 amide bonds. The highest BCUT2D eigenvalue weighted by Gasteiger charge is 2.08. The zero-order chi connectivity index (χ0) is 13.0. The van der Waals surface area contributed by atoms with Crippen molar-refractivity contribution in [1.29, 1.82) is 0 Å². The number of hydrogen-bond donors (Lipinski definition) is 2. The van der Waals surface area contributed by atoms with E-state index in [4.69, 9.17) is 4.52 Å². The maximum absolute atomic E-state index is 4.92. The van der Waals surface area contributed by atoms with E-state index in [1.165, 1.54) is 6.33 Å². The third-order valence-corrected chi connectivity index (χ3v) is 2.53. The predicted octanol–water partition coefficient (Wildman–Crippen LogP) is 1.17. The molecule has 0 unspecified atom stereocenters. The fourth-order valence-corrected chi connectivity index (χ4v) is 1.64. The van der Waals surface area contributed by atoms with Crippen molar-refractivity contribution in [2.24, 2.45) is 0 Å². The predicted molar refractivity (Wildman–Crippen MR) is 67.5 cm³/mol. The molecule has 0 aliphatic carbocycles. The average Bonchev–Trinajstić information content (AvgIpc) is 2.86. The van der Waals surface area contributed by atoms with Crippen molar-refractivity contribution >= 4 is 11.6 Å². The zero-order valence-corrected chi connectivity index (χ0v) is 10.7. The Kier molecular flexibility index (Phi) is 3.71. The maximum atomic E-state index is 4.92. The van der Waals surface area contributed by atoms with Gasteiger partial charge in [-0.3, -0.25) is 0 Å². The second kappa shape index (κ2) is 5.44. The molecule has 0 bridgehead atoms. The van der Waals surface area contributed by atoms with Crippen LogP contribution in [0, 0.1) is 13.8 Å². The number of hydrogen-bond acceptors (Lipinski definition) is 7. The summed E-state index contributed by atoms with van der Waals surface area (Å²) in [4.78, 5) is 12.6. The molecule has 18 heavy (non-hydrogen) atoms. The lowest BCUT2D eigenvalue weighted by Gasteiger charge is -2.11. The Labute approximate surface area is 105 Å². The summed E-state index contributed by atoms with van der Waals surface area (Å²) in [6, 6.07) is 0. The number of nitrogens with zero attached hydrogens (tertiary/aromatic N) is 4. The molecule has 2 aromatic heterocycles. The molecule has 2 heterocycles. The van der Waals surface area contributed by atoms with E-state index in [0.29, 0.717) is 18.9 Å². The number of aromatic nitrogens is 4. The van der Waals surface area contributed by atoms with Crippen molar-refractivity contribution in [3.8, 4) is 0 Å². The zero-order valence-electron chi connectivity index (χ0n) is 10.7. The summed E-state index contributed by atoms with van der Waals surface area (Å²) in [5.41, 5.74) is 0.994. The second-order valence-electron chi connectivity index (χ2n) is 3.85. The molecule has 2 rings (SSSR count). The van der Waals surface area contributed by atoms with Crippen LogP contribution in [0.1, 0.15) is 17.3 Å². The standard InChI is InChI=1S/C11H16N6O/c1-7-10(12-3)16-8(2)17-11(7)13-5-4-9-14-6-15-18-9/h6H,4-5H2,1-3H3,(H2,12,13,16,17). The molecule has 0 aromatic carbocycles. The van der Waals surface area contributed by atoms with Gasteiger partial charge in [-0.25, -0.2) is 9.97 Å². The van der Waals surface area contributed by atoms with Crippen LogP contribution in [0.4, 0.5) is 11.6 Å². The Bertz CT molecular complexity index is 511. The van der Waals surface area contributed by atoms with E-state index >= 15 is 0 Å². The monoisotopic (exact) mass is 248 g/mol. The van der Waals surface area contributed by atoms with Crippen LogP contribution in [0.2, 0.25) is 0 Å². The number of aryl methyl sites for hydroxylation is 1. The fourth-order valence-electron chi connectivity index (χ4n) is 1.64. The Hall–Kier alpha value is -2.18. The molecule has 2 aromatic rings. The lowest BCUT2D eigenvalue weighted by atomic mass is 10.3. The maximum Gasteiger partial charge on any atom is 0.228 e. The molecule has 0 radical (unpaired) electrons. The molecule has 0 atom stereocenters. The minimum Gasteiger partial charge on any atom is -0.373 e.